The lowest BCUT2D eigenvalue weighted by Gasteiger charge is -2.35. The van der Waals surface area contributed by atoms with Crippen LogP contribution in [-0.2, 0) is 4.79 Å². The molecule has 0 aliphatic carbocycles. The van der Waals surface area contributed by atoms with E-state index in [4.69, 9.17) is 0 Å². The van der Waals surface area contributed by atoms with Crippen molar-refractivity contribution in [3.63, 3.8) is 0 Å². The van der Waals surface area contributed by atoms with Gasteiger partial charge in [-0.3, -0.25) is 9.59 Å². The van der Waals surface area contributed by atoms with Gasteiger partial charge < -0.3 is 15.1 Å². The molecule has 2 aromatic rings. The zero-order valence-electron chi connectivity index (χ0n) is 17.7. The molecule has 1 aliphatic rings. The first-order valence-electron chi connectivity index (χ1n) is 10.6. The Balaban J connectivity index is 1.57. The smallest absolute Gasteiger partial charge is 0.282 e. The minimum absolute atomic E-state index is 0.0404. The summed E-state index contributed by atoms with van der Waals surface area (Å²) in [5.74, 6) is 0.518. The molecule has 1 fully saturated rings. The standard InChI is InChI=1S/C24H31N3O2/c1-4-18(2)21-12-8-9-13-22(21)25-23(28)19(3)26-14-16-27(17-15-26)24(29)20-10-6-5-7-11-20/h5-13,18-19H,4,14-17H2,1-3H3,(H,25,28)/p+1/t18-,19-/m0/s1. The van der Waals surface area contributed by atoms with Gasteiger partial charge in [-0.2, -0.15) is 0 Å². The molecule has 154 valence electrons. The van der Waals surface area contributed by atoms with Crippen molar-refractivity contribution in [2.45, 2.75) is 39.2 Å². The molecule has 0 saturated carbocycles. The van der Waals surface area contributed by atoms with Crippen LogP contribution in [0.15, 0.2) is 54.6 Å². The molecule has 2 aromatic carbocycles. The van der Waals surface area contributed by atoms with Gasteiger partial charge in [0.15, 0.2) is 6.04 Å². The van der Waals surface area contributed by atoms with Gasteiger partial charge in [-0.15, -0.1) is 0 Å². The second-order valence-electron chi connectivity index (χ2n) is 7.92. The number of hydrogen-bond donors (Lipinski definition) is 2. The molecule has 2 atom stereocenters. The Morgan fingerprint density at radius 3 is 2.28 bits per heavy atom. The highest BCUT2D eigenvalue weighted by Crippen LogP contribution is 2.26. The van der Waals surface area contributed by atoms with Gasteiger partial charge in [0.2, 0.25) is 0 Å². The van der Waals surface area contributed by atoms with Crippen LogP contribution in [0.4, 0.5) is 5.69 Å². The Morgan fingerprint density at radius 1 is 1.00 bits per heavy atom. The van der Waals surface area contributed by atoms with Crippen molar-refractivity contribution in [1.29, 1.82) is 0 Å². The van der Waals surface area contributed by atoms with Crippen molar-refractivity contribution in [2.75, 3.05) is 31.5 Å². The molecule has 1 heterocycles. The Labute approximate surface area is 173 Å². The highest BCUT2D eigenvalue weighted by atomic mass is 16.2. The molecule has 5 heteroatoms. The molecule has 1 aliphatic heterocycles. The number of hydrogen-bond acceptors (Lipinski definition) is 2. The average molecular weight is 395 g/mol. The second kappa shape index (κ2) is 9.70. The van der Waals surface area contributed by atoms with Crippen LogP contribution in [0.1, 0.15) is 49.0 Å². The van der Waals surface area contributed by atoms with Crippen LogP contribution in [0.3, 0.4) is 0 Å². The highest BCUT2D eigenvalue weighted by Gasteiger charge is 2.31. The van der Waals surface area contributed by atoms with Crippen molar-refractivity contribution in [2.24, 2.45) is 0 Å². The summed E-state index contributed by atoms with van der Waals surface area (Å²) in [6.07, 6.45) is 1.03. The van der Waals surface area contributed by atoms with Crippen LogP contribution < -0.4 is 10.2 Å². The first-order chi connectivity index (χ1) is 14.0. The van der Waals surface area contributed by atoms with E-state index in [0.717, 1.165) is 30.8 Å². The lowest BCUT2D eigenvalue weighted by Crippen LogP contribution is -3.19. The third-order valence-corrected chi connectivity index (χ3v) is 6.08. The van der Waals surface area contributed by atoms with E-state index in [1.165, 1.54) is 10.5 Å². The van der Waals surface area contributed by atoms with E-state index >= 15 is 0 Å². The summed E-state index contributed by atoms with van der Waals surface area (Å²) in [7, 11) is 0. The molecule has 0 unspecified atom stereocenters. The summed E-state index contributed by atoms with van der Waals surface area (Å²) in [6.45, 7) is 9.22. The fourth-order valence-corrected chi connectivity index (χ4v) is 3.88. The van der Waals surface area contributed by atoms with Crippen LogP contribution in [-0.4, -0.2) is 48.9 Å². The summed E-state index contributed by atoms with van der Waals surface area (Å²) in [4.78, 5) is 28.6. The zero-order chi connectivity index (χ0) is 20.8. The van der Waals surface area contributed by atoms with Crippen LogP contribution in [0.5, 0.6) is 0 Å². The lowest BCUT2D eigenvalue weighted by atomic mass is 9.97. The topological polar surface area (TPSA) is 53.9 Å². The first kappa shape index (κ1) is 21.1. The van der Waals surface area contributed by atoms with Crippen molar-refractivity contribution in [3.05, 3.63) is 65.7 Å². The number of anilines is 1. The molecule has 0 bridgehead atoms. The third kappa shape index (κ3) is 5.04. The Hall–Kier alpha value is -2.66. The highest BCUT2D eigenvalue weighted by molar-refractivity contribution is 5.95. The summed E-state index contributed by atoms with van der Waals surface area (Å²) in [5, 5.41) is 3.14. The predicted octanol–water partition coefficient (Wildman–Crippen LogP) is 2.57. The van der Waals surface area contributed by atoms with Gasteiger partial charge >= 0.3 is 0 Å². The van der Waals surface area contributed by atoms with Crippen molar-refractivity contribution in [1.82, 2.24) is 4.90 Å². The molecular formula is C24H32N3O2+. The maximum atomic E-state index is 12.9. The molecule has 2 N–H and O–H groups in total. The molecule has 5 nitrogen and oxygen atoms in total. The van der Waals surface area contributed by atoms with Crippen molar-refractivity contribution in [3.8, 4) is 0 Å². The minimum atomic E-state index is -0.158. The van der Waals surface area contributed by atoms with Crippen molar-refractivity contribution >= 4 is 17.5 Å². The quantitative estimate of drug-likeness (QED) is 0.791. The van der Waals surface area contributed by atoms with Gasteiger partial charge in [0.25, 0.3) is 11.8 Å². The number of quaternary nitrogens is 1. The third-order valence-electron chi connectivity index (χ3n) is 6.08. The van der Waals surface area contributed by atoms with E-state index in [1.54, 1.807) is 0 Å². The predicted molar refractivity (Wildman–Crippen MR) is 116 cm³/mol. The van der Waals surface area contributed by atoms with E-state index in [2.05, 4.69) is 25.2 Å². The molecule has 3 rings (SSSR count). The van der Waals surface area contributed by atoms with Gasteiger partial charge in [-0.1, -0.05) is 50.2 Å². The maximum Gasteiger partial charge on any atom is 0.282 e. The fraction of sp³-hybridized carbons (Fsp3) is 0.417. The lowest BCUT2D eigenvalue weighted by molar-refractivity contribution is -0.917. The SMILES string of the molecule is CC[C@H](C)c1ccccc1NC(=O)[C@H](C)[NH+]1CCN(C(=O)c2ccccc2)CC1. The van der Waals surface area contributed by atoms with Crippen LogP contribution in [0.2, 0.25) is 0 Å². The Morgan fingerprint density at radius 2 is 1.62 bits per heavy atom. The van der Waals surface area contributed by atoms with Crippen LogP contribution >= 0.6 is 0 Å². The number of rotatable bonds is 6. The van der Waals surface area contributed by atoms with Crippen LogP contribution in [0, 0.1) is 0 Å². The number of benzene rings is 2. The molecule has 0 radical (unpaired) electrons. The number of piperazine rings is 1. The number of carbonyl (C=O) groups is 2. The summed E-state index contributed by atoms with van der Waals surface area (Å²) in [5.41, 5.74) is 2.82. The Kier molecular flexibility index (Phi) is 7.04. The molecule has 0 aromatic heterocycles. The second-order valence-corrected chi connectivity index (χ2v) is 7.92. The van der Waals surface area contributed by atoms with Crippen molar-refractivity contribution < 1.29 is 14.5 Å². The van der Waals surface area contributed by atoms with Gasteiger partial charge in [0.05, 0.1) is 26.2 Å². The summed E-state index contributed by atoms with van der Waals surface area (Å²) >= 11 is 0. The van der Waals surface area contributed by atoms with Gasteiger partial charge in [0, 0.05) is 11.3 Å². The number of carbonyl (C=O) groups excluding carboxylic acids is 2. The molecule has 1 saturated heterocycles. The van der Waals surface area contributed by atoms with E-state index in [1.807, 2.05) is 60.4 Å². The zero-order valence-corrected chi connectivity index (χ0v) is 17.7. The number of para-hydroxylation sites is 1. The van der Waals surface area contributed by atoms with E-state index < -0.39 is 0 Å². The van der Waals surface area contributed by atoms with Gasteiger partial charge in [-0.05, 0) is 43.0 Å². The van der Waals surface area contributed by atoms with E-state index in [-0.39, 0.29) is 17.9 Å². The maximum absolute atomic E-state index is 12.9. The monoisotopic (exact) mass is 394 g/mol. The van der Waals surface area contributed by atoms with Gasteiger partial charge in [-0.25, -0.2) is 0 Å². The van der Waals surface area contributed by atoms with E-state index in [9.17, 15) is 9.59 Å². The average Bonchev–Trinajstić information content (AvgIpc) is 2.78. The number of amides is 2. The normalized spacial score (nSPS) is 16.9. The number of nitrogens with zero attached hydrogens (tertiary/aromatic N) is 1. The first-order valence-corrected chi connectivity index (χ1v) is 10.6. The number of nitrogens with one attached hydrogen (secondary N) is 2. The van der Waals surface area contributed by atoms with Crippen LogP contribution in [0.25, 0.3) is 0 Å². The molecule has 0 spiro atoms. The summed E-state index contributed by atoms with van der Waals surface area (Å²) < 4.78 is 0. The van der Waals surface area contributed by atoms with E-state index in [0.29, 0.717) is 19.0 Å². The largest absolute Gasteiger partial charge is 0.327 e. The molecule has 29 heavy (non-hydrogen) atoms. The fourth-order valence-electron chi connectivity index (χ4n) is 3.88. The Bertz CT molecular complexity index is 829. The summed E-state index contributed by atoms with van der Waals surface area (Å²) in [6, 6.07) is 17.3. The minimum Gasteiger partial charge on any atom is -0.327 e. The van der Waals surface area contributed by atoms with Gasteiger partial charge in [0.1, 0.15) is 0 Å². The molecule has 2 amide bonds. The molecular weight excluding hydrogens is 362 g/mol.